The van der Waals surface area contributed by atoms with Gasteiger partial charge >= 0.3 is 0 Å². The molecule has 2 heterocycles. The Balaban J connectivity index is 2.05. The van der Waals surface area contributed by atoms with Crippen LogP contribution >= 0.6 is 11.3 Å². The third-order valence-electron chi connectivity index (χ3n) is 3.05. The molecule has 2 unspecified atom stereocenters. The summed E-state index contributed by atoms with van der Waals surface area (Å²) in [5.74, 6) is 0.229. The van der Waals surface area contributed by atoms with Crippen LogP contribution in [0.3, 0.4) is 0 Å². The topological polar surface area (TPSA) is 32.3 Å². The van der Waals surface area contributed by atoms with E-state index in [1.165, 1.54) is 4.88 Å². The van der Waals surface area contributed by atoms with Crippen LogP contribution in [-0.2, 0) is 4.79 Å². The molecule has 2 rings (SSSR count). The highest BCUT2D eigenvalue weighted by molar-refractivity contribution is 7.10. The van der Waals surface area contributed by atoms with Crippen molar-refractivity contribution >= 4 is 17.2 Å². The van der Waals surface area contributed by atoms with Crippen molar-refractivity contribution in [1.29, 1.82) is 0 Å². The monoisotopic (exact) mass is 238 g/mol. The summed E-state index contributed by atoms with van der Waals surface area (Å²) in [6.07, 6.45) is 3.27. The van der Waals surface area contributed by atoms with Gasteiger partial charge in [0.05, 0.1) is 6.04 Å². The van der Waals surface area contributed by atoms with Gasteiger partial charge in [-0.2, -0.15) is 0 Å². The number of carbonyl (C=O) groups excluding carboxylic acids is 1. The summed E-state index contributed by atoms with van der Waals surface area (Å²) in [4.78, 5) is 15.0. The molecule has 3 nitrogen and oxygen atoms in total. The largest absolute Gasteiger partial charge is 0.324 e. The second-order valence-electron chi connectivity index (χ2n) is 4.23. The van der Waals surface area contributed by atoms with Gasteiger partial charge in [0.15, 0.2) is 0 Å². The molecule has 1 aromatic rings. The molecule has 0 aromatic carbocycles. The molecule has 0 aliphatic carbocycles. The highest BCUT2D eigenvalue weighted by Gasteiger charge is 2.36. The van der Waals surface area contributed by atoms with Gasteiger partial charge in [-0.3, -0.25) is 10.1 Å². The lowest BCUT2D eigenvalue weighted by molar-refractivity contribution is -0.128. The number of likely N-dealkylation sites (N-methyl/N-ethyl adjacent to an activating group) is 1. The number of carbonyl (C=O) groups is 1. The molecule has 1 amide bonds. The SMILES string of the molecule is CCCCC1NC(c2cccs2)N(C)C1=O. The summed E-state index contributed by atoms with van der Waals surface area (Å²) < 4.78 is 0. The number of nitrogens with one attached hydrogen (secondary N) is 1. The van der Waals surface area contributed by atoms with Crippen molar-refractivity contribution in [3.63, 3.8) is 0 Å². The molecule has 1 N–H and O–H groups in total. The third kappa shape index (κ3) is 2.13. The van der Waals surface area contributed by atoms with E-state index in [2.05, 4.69) is 23.7 Å². The molecular formula is C12H18N2OS. The van der Waals surface area contributed by atoms with E-state index < -0.39 is 0 Å². The number of rotatable bonds is 4. The number of unbranched alkanes of at least 4 members (excludes halogenated alkanes) is 1. The van der Waals surface area contributed by atoms with Crippen LogP contribution < -0.4 is 5.32 Å². The van der Waals surface area contributed by atoms with Crippen molar-refractivity contribution in [2.75, 3.05) is 7.05 Å². The van der Waals surface area contributed by atoms with Crippen LogP contribution in [0.25, 0.3) is 0 Å². The Labute approximate surface area is 100 Å². The predicted molar refractivity (Wildman–Crippen MR) is 66.3 cm³/mol. The lowest BCUT2D eigenvalue weighted by atomic mass is 10.1. The molecule has 0 spiro atoms. The molecule has 1 aliphatic heterocycles. The maximum absolute atomic E-state index is 12.0. The van der Waals surface area contributed by atoms with Crippen LogP contribution in [0.15, 0.2) is 17.5 Å². The van der Waals surface area contributed by atoms with E-state index in [-0.39, 0.29) is 18.1 Å². The smallest absolute Gasteiger partial charge is 0.241 e. The Bertz CT molecular complexity index is 350. The molecule has 16 heavy (non-hydrogen) atoms. The molecule has 1 aliphatic rings. The van der Waals surface area contributed by atoms with Crippen LogP contribution in [0.5, 0.6) is 0 Å². The van der Waals surface area contributed by atoms with E-state index in [1.54, 1.807) is 11.3 Å². The predicted octanol–water partition coefficient (Wildman–Crippen LogP) is 2.37. The van der Waals surface area contributed by atoms with Gasteiger partial charge in [0.1, 0.15) is 6.17 Å². The lowest BCUT2D eigenvalue weighted by Gasteiger charge is -2.17. The first-order chi connectivity index (χ1) is 7.74. The minimum Gasteiger partial charge on any atom is -0.324 e. The van der Waals surface area contributed by atoms with E-state index in [9.17, 15) is 4.79 Å². The van der Waals surface area contributed by atoms with E-state index >= 15 is 0 Å². The van der Waals surface area contributed by atoms with Crippen molar-refractivity contribution in [2.24, 2.45) is 0 Å². The van der Waals surface area contributed by atoms with E-state index in [4.69, 9.17) is 0 Å². The van der Waals surface area contributed by atoms with Crippen molar-refractivity contribution in [2.45, 2.75) is 38.4 Å². The van der Waals surface area contributed by atoms with Gasteiger partial charge < -0.3 is 4.90 Å². The van der Waals surface area contributed by atoms with Crippen LogP contribution in [-0.4, -0.2) is 23.9 Å². The standard InChI is InChI=1S/C12H18N2OS/c1-3-4-6-9-12(15)14(2)11(13-9)10-7-5-8-16-10/h5,7-9,11,13H,3-4,6H2,1-2H3. The molecular weight excluding hydrogens is 220 g/mol. The minimum atomic E-state index is 0.0112. The molecule has 0 bridgehead atoms. The van der Waals surface area contributed by atoms with Crippen LogP contribution in [0.2, 0.25) is 0 Å². The molecule has 0 saturated carbocycles. The quantitative estimate of drug-likeness (QED) is 0.873. The fourth-order valence-electron chi connectivity index (χ4n) is 2.08. The van der Waals surface area contributed by atoms with Gasteiger partial charge in [0, 0.05) is 11.9 Å². The molecule has 88 valence electrons. The van der Waals surface area contributed by atoms with Crippen LogP contribution in [0.1, 0.15) is 37.2 Å². The van der Waals surface area contributed by atoms with Crippen molar-refractivity contribution in [3.8, 4) is 0 Å². The first kappa shape index (κ1) is 11.6. The number of hydrogen-bond donors (Lipinski definition) is 1. The maximum atomic E-state index is 12.0. The van der Waals surface area contributed by atoms with Crippen LogP contribution in [0.4, 0.5) is 0 Å². The van der Waals surface area contributed by atoms with Crippen molar-refractivity contribution in [1.82, 2.24) is 10.2 Å². The Morgan fingerprint density at radius 3 is 3.00 bits per heavy atom. The minimum absolute atomic E-state index is 0.0112. The van der Waals surface area contributed by atoms with Crippen molar-refractivity contribution < 1.29 is 4.79 Å². The highest BCUT2D eigenvalue weighted by Crippen LogP contribution is 2.28. The lowest BCUT2D eigenvalue weighted by Crippen LogP contribution is -2.28. The third-order valence-corrected chi connectivity index (χ3v) is 3.98. The zero-order chi connectivity index (χ0) is 11.5. The average Bonchev–Trinajstić information content (AvgIpc) is 2.88. The van der Waals surface area contributed by atoms with Gasteiger partial charge in [-0.15, -0.1) is 11.3 Å². The molecule has 2 atom stereocenters. The average molecular weight is 238 g/mol. The summed E-state index contributed by atoms with van der Waals surface area (Å²) in [5.41, 5.74) is 0. The van der Waals surface area contributed by atoms with Gasteiger partial charge in [-0.25, -0.2) is 0 Å². The molecule has 0 radical (unpaired) electrons. The fraction of sp³-hybridized carbons (Fsp3) is 0.583. The molecule has 4 heteroatoms. The first-order valence-corrected chi connectivity index (χ1v) is 6.68. The van der Waals surface area contributed by atoms with Gasteiger partial charge in [-0.05, 0) is 17.9 Å². The number of hydrogen-bond acceptors (Lipinski definition) is 3. The molecule has 1 fully saturated rings. The number of thiophene rings is 1. The number of nitrogens with zero attached hydrogens (tertiary/aromatic N) is 1. The van der Waals surface area contributed by atoms with Gasteiger partial charge in [-0.1, -0.05) is 25.8 Å². The Morgan fingerprint density at radius 2 is 2.38 bits per heavy atom. The molecule has 1 saturated heterocycles. The zero-order valence-electron chi connectivity index (χ0n) is 9.77. The second kappa shape index (κ2) is 4.97. The van der Waals surface area contributed by atoms with E-state index in [1.807, 2.05) is 18.0 Å². The summed E-state index contributed by atoms with van der Waals surface area (Å²) in [6, 6.07) is 4.12. The molecule has 1 aromatic heterocycles. The van der Waals surface area contributed by atoms with Gasteiger partial charge in [0.25, 0.3) is 0 Å². The van der Waals surface area contributed by atoms with Crippen molar-refractivity contribution in [3.05, 3.63) is 22.4 Å². The Kier molecular flexibility index (Phi) is 3.61. The van der Waals surface area contributed by atoms with Gasteiger partial charge in [0.2, 0.25) is 5.91 Å². The Morgan fingerprint density at radius 1 is 1.56 bits per heavy atom. The highest BCUT2D eigenvalue weighted by atomic mass is 32.1. The summed E-state index contributed by atoms with van der Waals surface area (Å²) >= 11 is 1.70. The summed E-state index contributed by atoms with van der Waals surface area (Å²) in [6.45, 7) is 2.15. The summed E-state index contributed by atoms with van der Waals surface area (Å²) in [5, 5.41) is 5.46. The maximum Gasteiger partial charge on any atom is 0.241 e. The van der Waals surface area contributed by atoms with Crippen LogP contribution in [0, 0.1) is 0 Å². The normalized spacial score (nSPS) is 25.4. The first-order valence-electron chi connectivity index (χ1n) is 5.80. The van der Waals surface area contributed by atoms with E-state index in [0.29, 0.717) is 0 Å². The number of amides is 1. The summed E-state index contributed by atoms with van der Waals surface area (Å²) in [7, 11) is 1.88. The fourth-order valence-corrected chi connectivity index (χ4v) is 2.91. The Hall–Kier alpha value is -0.870. The second-order valence-corrected chi connectivity index (χ2v) is 5.21. The zero-order valence-corrected chi connectivity index (χ0v) is 10.6. The van der Waals surface area contributed by atoms with E-state index in [0.717, 1.165) is 19.3 Å².